The lowest BCUT2D eigenvalue weighted by molar-refractivity contribution is -0.231. The standard InChI is InChI=1S/C28H33F5O2/c1-17(22-23(29)25(31)27(33)26(32)24(22)30)11-7-5-6-8-14-21(28(2,34-3)35-4)20-16-15-18-12-9-10-13-19(18)20/h9-10,12-13,15-17,20-21H,5-8,11,14H2,1-4H3. The summed E-state index contributed by atoms with van der Waals surface area (Å²) in [4.78, 5) is 0. The lowest BCUT2D eigenvalue weighted by Gasteiger charge is -2.38. The molecule has 3 atom stereocenters. The molecule has 0 amide bonds. The van der Waals surface area contributed by atoms with Gasteiger partial charge < -0.3 is 9.47 Å². The molecule has 0 N–H and O–H groups in total. The van der Waals surface area contributed by atoms with Crippen LogP contribution < -0.4 is 0 Å². The monoisotopic (exact) mass is 496 g/mol. The number of hydrogen-bond donors (Lipinski definition) is 0. The van der Waals surface area contributed by atoms with Crippen LogP contribution in [0.15, 0.2) is 30.3 Å². The Kier molecular flexibility index (Phi) is 9.11. The summed E-state index contributed by atoms with van der Waals surface area (Å²) in [6.45, 7) is 3.43. The zero-order chi connectivity index (χ0) is 25.8. The third-order valence-electron chi connectivity index (χ3n) is 7.39. The first-order valence-electron chi connectivity index (χ1n) is 12.0. The Bertz CT molecular complexity index is 1020. The van der Waals surface area contributed by atoms with Crippen molar-refractivity contribution in [2.45, 2.75) is 70.0 Å². The van der Waals surface area contributed by atoms with E-state index in [1.54, 1.807) is 14.2 Å². The van der Waals surface area contributed by atoms with Crippen molar-refractivity contribution in [2.24, 2.45) is 5.92 Å². The normalized spacial score (nSPS) is 17.0. The second-order valence-electron chi connectivity index (χ2n) is 9.42. The molecule has 0 saturated carbocycles. The molecule has 0 radical (unpaired) electrons. The zero-order valence-corrected chi connectivity index (χ0v) is 20.6. The Balaban J connectivity index is 1.57. The number of ether oxygens (including phenoxy) is 2. The highest BCUT2D eigenvalue weighted by molar-refractivity contribution is 5.62. The summed E-state index contributed by atoms with van der Waals surface area (Å²) in [7, 11) is 3.28. The average molecular weight is 497 g/mol. The molecule has 0 heterocycles. The van der Waals surface area contributed by atoms with E-state index >= 15 is 0 Å². The van der Waals surface area contributed by atoms with Crippen molar-refractivity contribution >= 4 is 6.08 Å². The van der Waals surface area contributed by atoms with Gasteiger partial charge in [0.25, 0.3) is 0 Å². The SMILES string of the molecule is COC(C)(OC)C(CCCCCCC(C)c1c(F)c(F)c(F)c(F)c1F)C1C=Cc2ccccc21. The average Bonchev–Trinajstić information content (AvgIpc) is 3.29. The smallest absolute Gasteiger partial charge is 0.200 e. The third-order valence-corrected chi connectivity index (χ3v) is 7.39. The summed E-state index contributed by atoms with van der Waals surface area (Å²) in [6, 6.07) is 8.25. The predicted octanol–water partition coefficient (Wildman–Crippen LogP) is 8.26. The topological polar surface area (TPSA) is 18.5 Å². The highest BCUT2D eigenvalue weighted by Crippen LogP contribution is 2.44. The number of unbranched alkanes of at least 4 members (excludes halogenated alkanes) is 3. The molecule has 0 aliphatic heterocycles. The van der Waals surface area contributed by atoms with E-state index < -0.39 is 46.4 Å². The molecule has 0 saturated heterocycles. The zero-order valence-electron chi connectivity index (χ0n) is 20.6. The summed E-state index contributed by atoms with van der Waals surface area (Å²) >= 11 is 0. The first kappa shape index (κ1) is 27.3. The van der Waals surface area contributed by atoms with Crippen LogP contribution in [0.2, 0.25) is 0 Å². The fourth-order valence-electron chi connectivity index (χ4n) is 5.15. The summed E-state index contributed by atoms with van der Waals surface area (Å²) in [6.07, 6.45) is 8.63. The molecular formula is C28H33F5O2. The van der Waals surface area contributed by atoms with Crippen molar-refractivity contribution < 1.29 is 31.4 Å². The highest BCUT2D eigenvalue weighted by atomic mass is 19.2. The van der Waals surface area contributed by atoms with Gasteiger partial charge in [-0.1, -0.05) is 69.0 Å². The van der Waals surface area contributed by atoms with E-state index in [0.717, 1.165) is 25.7 Å². The maximum absolute atomic E-state index is 14.1. The fourth-order valence-corrected chi connectivity index (χ4v) is 5.15. The van der Waals surface area contributed by atoms with Crippen molar-refractivity contribution in [1.29, 1.82) is 0 Å². The van der Waals surface area contributed by atoms with E-state index in [1.165, 1.54) is 18.1 Å². The molecule has 192 valence electrons. The number of halogens is 5. The molecule has 2 aromatic rings. The van der Waals surface area contributed by atoms with Gasteiger partial charge in [0, 0.05) is 31.6 Å². The van der Waals surface area contributed by atoms with Crippen LogP contribution in [0.25, 0.3) is 6.08 Å². The summed E-state index contributed by atoms with van der Waals surface area (Å²) < 4.78 is 80.0. The largest absolute Gasteiger partial charge is 0.353 e. The van der Waals surface area contributed by atoms with Gasteiger partial charge in [-0.25, -0.2) is 22.0 Å². The summed E-state index contributed by atoms with van der Waals surface area (Å²) in [5, 5.41) is 0. The summed E-state index contributed by atoms with van der Waals surface area (Å²) in [5.41, 5.74) is 1.71. The van der Waals surface area contributed by atoms with Gasteiger partial charge in [0.15, 0.2) is 29.1 Å². The van der Waals surface area contributed by atoms with Gasteiger partial charge in [0.05, 0.1) is 0 Å². The van der Waals surface area contributed by atoms with Gasteiger partial charge >= 0.3 is 0 Å². The lowest BCUT2D eigenvalue weighted by Crippen LogP contribution is -2.41. The second-order valence-corrected chi connectivity index (χ2v) is 9.42. The van der Waals surface area contributed by atoms with Gasteiger partial charge in [-0.3, -0.25) is 0 Å². The summed E-state index contributed by atoms with van der Waals surface area (Å²) in [5.74, 6) is -10.7. The van der Waals surface area contributed by atoms with Gasteiger partial charge in [0.1, 0.15) is 0 Å². The molecule has 0 fully saturated rings. The van der Waals surface area contributed by atoms with E-state index in [9.17, 15) is 22.0 Å². The third kappa shape index (κ3) is 5.61. The Morgan fingerprint density at radius 2 is 1.34 bits per heavy atom. The van der Waals surface area contributed by atoms with Crippen LogP contribution in [0, 0.1) is 35.0 Å². The predicted molar refractivity (Wildman–Crippen MR) is 126 cm³/mol. The molecule has 2 nitrogen and oxygen atoms in total. The number of benzene rings is 2. The van der Waals surface area contributed by atoms with E-state index in [0.29, 0.717) is 12.8 Å². The van der Waals surface area contributed by atoms with Crippen LogP contribution in [0.5, 0.6) is 0 Å². The van der Waals surface area contributed by atoms with E-state index in [1.807, 2.05) is 19.1 Å². The number of allylic oxidation sites excluding steroid dienone is 1. The van der Waals surface area contributed by atoms with E-state index in [4.69, 9.17) is 9.47 Å². The molecule has 1 aliphatic carbocycles. The van der Waals surface area contributed by atoms with Crippen molar-refractivity contribution in [3.63, 3.8) is 0 Å². The molecule has 0 bridgehead atoms. The van der Waals surface area contributed by atoms with E-state index in [2.05, 4.69) is 24.3 Å². The molecule has 0 aromatic heterocycles. The van der Waals surface area contributed by atoms with E-state index in [-0.39, 0.29) is 11.8 Å². The van der Waals surface area contributed by atoms with Crippen LogP contribution in [0.1, 0.15) is 80.9 Å². The van der Waals surface area contributed by atoms with Crippen LogP contribution >= 0.6 is 0 Å². The van der Waals surface area contributed by atoms with Crippen LogP contribution in [-0.4, -0.2) is 20.0 Å². The first-order valence-corrected chi connectivity index (χ1v) is 12.0. The highest BCUT2D eigenvalue weighted by Gasteiger charge is 2.40. The fraction of sp³-hybridized carbons (Fsp3) is 0.500. The molecule has 0 spiro atoms. The maximum Gasteiger partial charge on any atom is 0.200 e. The Morgan fingerprint density at radius 3 is 1.94 bits per heavy atom. The molecule has 1 aliphatic rings. The van der Waals surface area contributed by atoms with Gasteiger partial charge in [-0.2, -0.15) is 0 Å². The molecule has 2 aromatic carbocycles. The van der Waals surface area contributed by atoms with Gasteiger partial charge in [-0.15, -0.1) is 0 Å². The van der Waals surface area contributed by atoms with Gasteiger partial charge in [-0.05, 0) is 36.8 Å². The van der Waals surface area contributed by atoms with Crippen molar-refractivity contribution in [3.8, 4) is 0 Å². The Labute approximate surface area is 204 Å². The van der Waals surface area contributed by atoms with Crippen molar-refractivity contribution in [3.05, 3.63) is 76.1 Å². The minimum Gasteiger partial charge on any atom is -0.353 e. The van der Waals surface area contributed by atoms with Crippen LogP contribution in [0.3, 0.4) is 0 Å². The van der Waals surface area contributed by atoms with Crippen molar-refractivity contribution in [1.82, 2.24) is 0 Å². The molecule has 35 heavy (non-hydrogen) atoms. The minimum atomic E-state index is -2.12. The number of rotatable bonds is 12. The maximum atomic E-state index is 14.1. The molecule has 7 heteroatoms. The number of methoxy groups -OCH3 is 2. The quantitative estimate of drug-likeness (QED) is 0.0968. The first-order chi connectivity index (χ1) is 16.7. The minimum absolute atomic E-state index is 0.0738. The molecular weight excluding hydrogens is 463 g/mol. The second kappa shape index (κ2) is 11.7. The lowest BCUT2D eigenvalue weighted by atomic mass is 9.79. The van der Waals surface area contributed by atoms with Crippen LogP contribution in [-0.2, 0) is 9.47 Å². The Hall–Kier alpha value is -2.25. The van der Waals surface area contributed by atoms with Crippen LogP contribution in [0.4, 0.5) is 22.0 Å². The molecule has 3 rings (SSSR count). The van der Waals surface area contributed by atoms with Gasteiger partial charge in [0.2, 0.25) is 5.82 Å². The number of fused-ring (bicyclic) bond motifs is 1. The Morgan fingerprint density at radius 1 is 0.800 bits per heavy atom. The van der Waals surface area contributed by atoms with Crippen molar-refractivity contribution in [2.75, 3.05) is 14.2 Å². The molecule has 3 unspecified atom stereocenters. The number of hydrogen-bond acceptors (Lipinski definition) is 2.